The van der Waals surface area contributed by atoms with E-state index in [9.17, 15) is 9.59 Å². The Balaban J connectivity index is 1.81. The molecule has 1 saturated heterocycles. The van der Waals surface area contributed by atoms with Crippen molar-refractivity contribution in [3.8, 4) is 11.5 Å². The van der Waals surface area contributed by atoms with Gasteiger partial charge in [-0.2, -0.15) is 0 Å². The van der Waals surface area contributed by atoms with Crippen LogP contribution in [0.4, 0.5) is 0 Å². The van der Waals surface area contributed by atoms with E-state index in [0.29, 0.717) is 35.2 Å². The second kappa shape index (κ2) is 9.99. The van der Waals surface area contributed by atoms with E-state index < -0.39 is 5.91 Å². The van der Waals surface area contributed by atoms with Gasteiger partial charge in [0.1, 0.15) is 22.9 Å². The second-order valence-electron chi connectivity index (χ2n) is 7.14. The summed E-state index contributed by atoms with van der Waals surface area (Å²) in [5, 5.41) is 0.617. The Morgan fingerprint density at radius 3 is 2.26 bits per heavy atom. The molecule has 1 aliphatic rings. The summed E-state index contributed by atoms with van der Waals surface area (Å²) in [6.07, 6.45) is 2.35. The maximum absolute atomic E-state index is 12.1. The Morgan fingerprint density at radius 1 is 1.06 bits per heavy atom. The molecule has 6 N–H and O–H groups in total. The van der Waals surface area contributed by atoms with Crippen molar-refractivity contribution in [3.05, 3.63) is 64.7 Å². The summed E-state index contributed by atoms with van der Waals surface area (Å²) in [6.45, 7) is 1.12. The largest absolute Gasteiger partial charge is 0.457 e. The molecular weight excluding hydrogens is 418 g/mol. The van der Waals surface area contributed by atoms with Gasteiger partial charge in [0.05, 0.1) is 11.7 Å². The fourth-order valence-corrected chi connectivity index (χ4v) is 3.45. The van der Waals surface area contributed by atoms with Crippen LogP contribution in [0.15, 0.2) is 59.1 Å². The number of rotatable bonds is 7. The number of amidine groups is 1. The summed E-state index contributed by atoms with van der Waals surface area (Å²) in [5.41, 5.74) is 18.5. The van der Waals surface area contributed by atoms with Gasteiger partial charge in [-0.25, -0.2) is 0 Å². The number of halogens is 1. The zero-order valence-electron chi connectivity index (χ0n) is 16.8. The van der Waals surface area contributed by atoms with Crippen LogP contribution in [0.3, 0.4) is 0 Å². The van der Waals surface area contributed by atoms with E-state index >= 15 is 0 Å². The summed E-state index contributed by atoms with van der Waals surface area (Å²) in [6, 6.07) is 13.6. The normalized spacial score (nSPS) is 17.6. The number of primary amides is 1. The van der Waals surface area contributed by atoms with Gasteiger partial charge in [-0.3, -0.25) is 14.6 Å². The van der Waals surface area contributed by atoms with Crippen LogP contribution in [-0.4, -0.2) is 42.2 Å². The third-order valence-corrected chi connectivity index (χ3v) is 5.14. The molecule has 1 fully saturated rings. The van der Waals surface area contributed by atoms with Crippen LogP contribution in [-0.2, 0) is 9.59 Å². The maximum Gasteiger partial charge on any atom is 0.254 e. The Labute approximate surface area is 185 Å². The Hall–Kier alpha value is -3.52. The summed E-state index contributed by atoms with van der Waals surface area (Å²) in [5.74, 6) is 0.400. The van der Waals surface area contributed by atoms with Crippen LogP contribution in [0.1, 0.15) is 18.4 Å². The van der Waals surface area contributed by atoms with Crippen molar-refractivity contribution in [3.63, 3.8) is 0 Å². The average molecular weight is 442 g/mol. The van der Waals surface area contributed by atoms with E-state index in [4.69, 9.17) is 33.5 Å². The van der Waals surface area contributed by atoms with Crippen molar-refractivity contribution in [2.24, 2.45) is 22.2 Å². The molecule has 3 rings (SSSR count). The lowest BCUT2D eigenvalue weighted by atomic mass is 10.0. The number of nitrogens with zero attached hydrogens (tertiary/aromatic N) is 2. The zero-order valence-corrected chi connectivity index (χ0v) is 17.6. The Bertz CT molecular complexity index is 1000. The smallest absolute Gasteiger partial charge is 0.254 e. The zero-order chi connectivity index (χ0) is 22.4. The topological polar surface area (TPSA) is 137 Å². The molecule has 0 bridgehead atoms. The third-order valence-electron chi connectivity index (χ3n) is 4.89. The van der Waals surface area contributed by atoms with E-state index in [0.717, 1.165) is 19.3 Å². The predicted molar refractivity (Wildman–Crippen MR) is 121 cm³/mol. The molecule has 2 aromatic carbocycles. The molecule has 1 heterocycles. The van der Waals surface area contributed by atoms with E-state index in [1.807, 2.05) is 0 Å². The van der Waals surface area contributed by atoms with Gasteiger partial charge >= 0.3 is 0 Å². The van der Waals surface area contributed by atoms with Crippen LogP contribution < -0.4 is 21.9 Å². The van der Waals surface area contributed by atoms with Gasteiger partial charge in [-0.05, 0) is 66.9 Å². The van der Waals surface area contributed by atoms with Crippen molar-refractivity contribution >= 4 is 35.5 Å². The minimum atomic E-state index is -0.775. The summed E-state index contributed by atoms with van der Waals surface area (Å²) in [7, 11) is 0. The fourth-order valence-electron chi connectivity index (χ4n) is 3.33. The highest BCUT2D eigenvalue weighted by Gasteiger charge is 2.21. The molecule has 8 nitrogen and oxygen atoms in total. The van der Waals surface area contributed by atoms with Gasteiger partial charge in [0.25, 0.3) is 5.91 Å². The first-order chi connectivity index (χ1) is 14.9. The number of carbonyl (C=O) groups is 2. The number of likely N-dealkylation sites (tertiary alicyclic amines) is 1. The molecule has 162 valence electrons. The number of amides is 2. The van der Waals surface area contributed by atoms with Crippen molar-refractivity contribution in [1.82, 2.24) is 4.90 Å². The first kappa shape index (κ1) is 22.2. The Kier molecular flexibility index (Phi) is 7.15. The molecule has 1 atom stereocenters. The number of hydrogen-bond acceptors (Lipinski definition) is 5. The minimum Gasteiger partial charge on any atom is -0.457 e. The predicted octanol–water partition coefficient (Wildman–Crippen LogP) is 2.27. The minimum absolute atomic E-state index is 0.0377. The fraction of sp³-hybridized carbons (Fsp3) is 0.227. The molecule has 2 aromatic rings. The van der Waals surface area contributed by atoms with Gasteiger partial charge in [-0.15, -0.1) is 0 Å². The highest BCUT2D eigenvalue weighted by atomic mass is 35.5. The molecule has 9 heteroatoms. The van der Waals surface area contributed by atoms with Crippen molar-refractivity contribution in [1.29, 1.82) is 0 Å². The first-order valence-corrected chi connectivity index (χ1v) is 10.1. The average Bonchev–Trinajstić information content (AvgIpc) is 2.75. The van der Waals surface area contributed by atoms with Crippen LogP contribution in [0.5, 0.6) is 11.5 Å². The number of hydrogen-bond donors (Lipinski definition) is 3. The summed E-state index contributed by atoms with van der Waals surface area (Å²) in [4.78, 5) is 29.1. The quantitative estimate of drug-likeness (QED) is 0.262. The van der Waals surface area contributed by atoms with E-state index in [1.165, 1.54) is 0 Å². The van der Waals surface area contributed by atoms with Crippen LogP contribution in [0.2, 0.25) is 5.02 Å². The summed E-state index contributed by atoms with van der Waals surface area (Å²) < 4.78 is 5.76. The number of ether oxygens (including phenoxy) is 1. The lowest BCUT2D eigenvalue weighted by Gasteiger charge is -2.27. The van der Waals surface area contributed by atoms with Crippen molar-refractivity contribution in [2.75, 3.05) is 13.1 Å². The van der Waals surface area contributed by atoms with E-state index in [2.05, 4.69) is 4.99 Å². The lowest BCUT2D eigenvalue weighted by Crippen LogP contribution is -2.38. The molecule has 0 saturated carbocycles. The van der Waals surface area contributed by atoms with E-state index in [-0.39, 0.29) is 23.1 Å². The molecule has 31 heavy (non-hydrogen) atoms. The number of nitrogens with two attached hydrogens (primary N) is 3. The first-order valence-electron chi connectivity index (χ1n) is 9.73. The standard InChI is InChI=1S/C22H24ClN5O3/c23-15-5-9-18(10-6-15)31-17-7-3-14(4-8-17)20(24)19(22(26)30)21(25)27-16-2-1-11-28(12-16)13-29/h3-10,13,16H,1-2,11-12,24H2,(H2,25,27)(H2,26,30). The molecule has 0 radical (unpaired) electrons. The maximum atomic E-state index is 12.1. The van der Waals surface area contributed by atoms with Crippen LogP contribution in [0.25, 0.3) is 5.70 Å². The number of piperidine rings is 1. The monoisotopic (exact) mass is 441 g/mol. The highest BCUT2D eigenvalue weighted by Crippen LogP contribution is 2.25. The van der Waals surface area contributed by atoms with Gasteiger partial charge in [0.15, 0.2) is 0 Å². The van der Waals surface area contributed by atoms with Gasteiger partial charge < -0.3 is 26.8 Å². The highest BCUT2D eigenvalue weighted by molar-refractivity contribution is 6.30. The van der Waals surface area contributed by atoms with Gasteiger partial charge in [0.2, 0.25) is 6.41 Å². The molecule has 0 spiro atoms. The van der Waals surface area contributed by atoms with Crippen LogP contribution in [0, 0.1) is 0 Å². The molecular formula is C22H24ClN5O3. The molecule has 0 aromatic heterocycles. The van der Waals surface area contributed by atoms with E-state index in [1.54, 1.807) is 53.4 Å². The van der Waals surface area contributed by atoms with Gasteiger partial charge in [-0.1, -0.05) is 11.6 Å². The number of benzene rings is 2. The van der Waals surface area contributed by atoms with Crippen molar-refractivity contribution in [2.45, 2.75) is 18.9 Å². The Morgan fingerprint density at radius 2 is 1.68 bits per heavy atom. The molecule has 2 amide bonds. The number of carbonyl (C=O) groups excluding carboxylic acids is 2. The lowest BCUT2D eigenvalue weighted by molar-refractivity contribution is -0.119. The van der Waals surface area contributed by atoms with Crippen molar-refractivity contribution < 1.29 is 14.3 Å². The second-order valence-corrected chi connectivity index (χ2v) is 7.58. The van der Waals surface area contributed by atoms with Crippen LogP contribution >= 0.6 is 11.6 Å². The molecule has 1 unspecified atom stereocenters. The number of aliphatic imine (C=N–C) groups is 1. The molecule has 1 aliphatic heterocycles. The summed E-state index contributed by atoms with van der Waals surface area (Å²) >= 11 is 5.88. The molecule has 0 aliphatic carbocycles. The van der Waals surface area contributed by atoms with Gasteiger partial charge in [0, 0.05) is 18.1 Å². The third kappa shape index (κ3) is 5.76. The SMILES string of the molecule is NC(=O)C(C(N)=NC1CCCN(C=O)C1)=C(N)c1ccc(Oc2ccc(Cl)cc2)cc1.